The number of benzene rings is 1. The molecule has 4 nitrogen and oxygen atoms in total. The molecule has 0 saturated heterocycles. The summed E-state index contributed by atoms with van der Waals surface area (Å²) in [7, 11) is 0. The molecule has 1 unspecified atom stereocenters. The molecule has 1 atom stereocenters. The maximum atomic E-state index is 11.2. The zero-order valence-electron chi connectivity index (χ0n) is 8.71. The van der Waals surface area contributed by atoms with E-state index in [2.05, 4.69) is 10.2 Å². The lowest BCUT2D eigenvalue weighted by molar-refractivity contribution is -0.138. The number of aliphatic carboxylic acids is 1. The lowest BCUT2D eigenvalue weighted by Crippen LogP contribution is -2.14. The number of hydrogen-bond acceptors (Lipinski definition) is 4. The molecule has 6 heteroatoms. The first-order chi connectivity index (χ1) is 8.16. The molecule has 1 N–H and O–H groups in total. The first-order valence-electron chi connectivity index (χ1n) is 4.90. The molecule has 0 aliphatic heterocycles. The average Bonchev–Trinajstić information content (AvgIpc) is 2.78. The lowest BCUT2D eigenvalue weighted by atomic mass is 10.0. The summed E-state index contributed by atoms with van der Waals surface area (Å²) in [5.41, 5.74) is 2.41. The highest BCUT2D eigenvalue weighted by Gasteiger charge is 2.23. The zero-order valence-corrected chi connectivity index (χ0v) is 10.3. The van der Waals surface area contributed by atoms with Crippen LogP contribution in [-0.2, 0) is 11.2 Å². The van der Waals surface area contributed by atoms with Gasteiger partial charge in [-0.05, 0) is 24.1 Å². The third kappa shape index (κ3) is 3.01. The summed E-state index contributed by atoms with van der Waals surface area (Å²) in [5, 5.41) is 17.8. The van der Waals surface area contributed by atoms with Crippen LogP contribution in [0.15, 0.2) is 29.8 Å². The van der Waals surface area contributed by atoms with Gasteiger partial charge in [0.05, 0.1) is 0 Å². The molecule has 17 heavy (non-hydrogen) atoms. The molecule has 1 heterocycles. The van der Waals surface area contributed by atoms with Crippen LogP contribution in [0.4, 0.5) is 0 Å². The van der Waals surface area contributed by atoms with E-state index in [1.807, 2.05) is 6.07 Å². The summed E-state index contributed by atoms with van der Waals surface area (Å²) in [4.78, 5) is 11.2. The third-order valence-electron chi connectivity index (χ3n) is 2.30. The Morgan fingerprint density at radius 1 is 1.53 bits per heavy atom. The summed E-state index contributed by atoms with van der Waals surface area (Å²) in [5.74, 6) is -1.57. The van der Waals surface area contributed by atoms with Crippen molar-refractivity contribution >= 4 is 28.9 Å². The van der Waals surface area contributed by atoms with Crippen LogP contribution in [0.1, 0.15) is 16.5 Å². The van der Waals surface area contributed by atoms with Crippen LogP contribution in [0.2, 0.25) is 5.02 Å². The standard InChI is InChI=1S/C11H9ClN2O2S/c12-8-3-1-2-7(4-8)5-9(11(15)16)10-14-13-6-17-10/h1-4,6,9H,5H2,(H,15,16). The van der Waals surface area contributed by atoms with Gasteiger partial charge >= 0.3 is 5.97 Å². The van der Waals surface area contributed by atoms with Gasteiger partial charge in [-0.25, -0.2) is 0 Å². The number of carboxylic acids is 1. The first kappa shape index (κ1) is 12.0. The molecular weight excluding hydrogens is 260 g/mol. The molecule has 1 aromatic carbocycles. The molecule has 0 fully saturated rings. The molecule has 0 aliphatic carbocycles. The van der Waals surface area contributed by atoms with E-state index in [1.54, 1.807) is 18.2 Å². The van der Waals surface area contributed by atoms with E-state index >= 15 is 0 Å². The maximum Gasteiger partial charge on any atom is 0.313 e. The predicted octanol–water partition coefficient (Wildman–Crippen LogP) is 2.60. The van der Waals surface area contributed by atoms with Crippen LogP contribution in [-0.4, -0.2) is 21.3 Å². The number of aromatic nitrogens is 2. The predicted molar refractivity (Wildman–Crippen MR) is 65.4 cm³/mol. The highest BCUT2D eigenvalue weighted by atomic mass is 35.5. The van der Waals surface area contributed by atoms with Gasteiger partial charge in [-0.15, -0.1) is 21.5 Å². The Labute approximate surface area is 107 Å². The topological polar surface area (TPSA) is 63.1 Å². The summed E-state index contributed by atoms with van der Waals surface area (Å²) in [6, 6.07) is 7.17. The maximum absolute atomic E-state index is 11.2. The Morgan fingerprint density at radius 2 is 2.35 bits per heavy atom. The molecule has 0 bridgehead atoms. The van der Waals surface area contributed by atoms with Crippen molar-refractivity contribution in [2.75, 3.05) is 0 Å². The van der Waals surface area contributed by atoms with Crippen molar-refractivity contribution < 1.29 is 9.90 Å². The van der Waals surface area contributed by atoms with Crippen molar-refractivity contribution in [2.24, 2.45) is 0 Å². The summed E-state index contributed by atoms with van der Waals surface area (Å²) < 4.78 is 0. The van der Waals surface area contributed by atoms with E-state index in [0.29, 0.717) is 16.5 Å². The minimum absolute atomic E-state index is 0.366. The first-order valence-corrected chi connectivity index (χ1v) is 6.16. The van der Waals surface area contributed by atoms with Crippen LogP contribution < -0.4 is 0 Å². The van der Waals surface area contributed by atoms with Gasteiger partial charge in [0.1, 0.15) is 16.4 Å². The Bertz CT molecular complexity index is 516. The van der Waals surface area contributed by atoms with Gasteiger partial charge in [0.2, 0.25) is 0 Å². The minimum Gasteiger partial charge on any atom is -0.481 e. The van der Waals surface area contributed by atoms with Gasteiger partial charge in [-0.2, -0.15) is 0 Å². The number of hydrogen-bond donors (Lipinski definition) is 1. The normalized spacial score (nSPS) is 12.3. The monoisotopic (exact) mass is 268 g/mol. The number of rotatable bonds is 4. The van der Waals surface area contributed by atoms with E-state index in [4.69, 9.17) is 11.6 Å². The number of carboxylic acid groups (broad SMARTS) is 1. The van der Waals surface area contributed by atoms with Crippen LogP contribution in [0.5, 0.6) is 0 Å². The van der Waals surface area contributed by atoms with E-state index in [0.717, 1.165) is 5.56 Å². The van der Waals surface area contributed by atoms with Gasteiger partial charge in [0, 0.05) is 5.02 Å². The second-order valence-electron chi connectivity index (χ2n) is 3.50. The fraction of sp³-hybridized carbons (Fsp3) is 0.182. The van der Waals surface area contributed by atoms with E-state index in [-0.39, 0.29) is 0 Å². The summed E-state index contributed by atoms with van der Waals surface area (Å²) in [6.07, 6.45) is 0.366. The van der Waals surface area contributed by atoms with Crippen LogP contribution in [0, 0.1) is 0 Å². The summed E-state index contributed by atoms with van der Waals surface area (Å²) >= 11 is 7.11. The van der Waals surface area contributed by atoms with Crippen molar-refractivity contribution in [1.82, 2.24) is 10.2 Å². The minimum atomic E-state index is -0.901. The average molecular weight is 269 g/mol. The van der Waals surface area contributed by atoms with Crippen LogP contribution in [0.25, 0.3) is 0 Å². The zero-order chi connectivity index (χ0) is 12.3. The second kappa shape index (κ2) is 5.25. The highest BCUT2D eigenvalue weighted by Crippen LogP contribution is 2.23. The van der Waals surface area contributed by atoms with E-state index in [9.17, 15) is 9.90 Å². The largest absolute Gasteiger partial charge is 0.481 e. The Morgan fingerprint density at radius 3 is 2.94 bits per heavy atom. The molecule has 0 amide bonds. The number of carbonyl (C=O) groups is 1. The number of nitrogens with zero attached hydrogens (tertiary/aromatic N) is 2. The van der Waals surface area contributed by atoms with E-state index in [1.165, 1.54) is 16.8 Å². The van der Waals surface area contributed by atoms with Crippen molar-refractivity contribution in [3.05, 3.63) is 45.4 Å². The van der Waals surface area contributed by atoms with E-state index < -0.39 is 11.9 Å². The fourth-order valence-electron chi connectivity index (χ4n) is 1.51. The van der Waals surface area contributed by atoms with Gasteiger partial charge in [-0.1, -0.05) is 23.7 Å². The highest BCUT2D eigenvalue weighted by molar-refractivity contribution is 7.09. The fourth-order valence-corrected chi connectivity index (χ4v) is 2.37. The quantitative estimate of drug-likeness (QED) is 0.926. The number of halogens is 1. The Hall–Kier alpha value is -1.46. The van der Waals surface area contributed by atoms with Gasteiger partial charge in [-0.3, -0.25) is 4.79 Å². The summed E-state index contributed by atoms with van der Waals surface area (Å²) in [6.45, 7) is 0. The molecule has 0 radical (unpaired) electrons. The van der Waals surface area contributed by atoms with Gasteiger partial charge in [0.25, 0.3) is 0 Å². The van der Waals surface area contributed by atoms with Crippen molar-refractivity contribution in [2.45, 2.75) is 12.3 Å². The Kier molecular flexibility index (Phi) is 3.71. The Balaban J connectivity index is 2.22. The van der Waals surface area contributed by atoms with Crippen molar-refractivity contribution in [1.29, 1.82) is 0 Å². The van der Waals surface area contributed by atoms with Crippen molar-refractivity contribution in [3.63, 3.8) is 0 Å². The molecule has 88 valence electrons. The second-order valence-corrected chi connectivity index (χ2v) is 4.80. The van der Waals surface area contributed by atoms with Crippen LogP contribution in [0.3, 0.4) is 0 Å². The molecular formula is C11H9ClN2O2S. The molecule has 2 rings (SSSR count). The van der Waals surface area contributed by atoms with Gasteiger partial charge < -0.3 is 5.11 Å². The smallest absolute Gasteiger partial charge is 0.313 e. The van der Waals surface area contributed by atoms with Crippen LogP contribution >= 0.6 is 22.9 Å². The molecule has 0 spiro atoms. The molecule has 0 saturated carbocycles. The molecule has 0 aliphatic rings. The third-order valence-corrected chi connectivity index (χ3v) is 3.34. The molecule has 2 aromatic rings. The van der Waals surface area contributed by atoms with Gasteiger partial charge in [0.15, 0.2) is 0 Å². The lowest BCUT2D eigenvalue weighted by Gasteiger charge is -2.08. The van der Waals surface area contributed by atoms with Crippen molar-refractivity contribution in [3.8, 4) is 0 Å². The SMILES string of the molecule is O=C(O)C(Cc1cccc(Cl)c1)c1nncs1. The molecule has 1 aromatic heterocycles.